The minimum absolute atomic E-state index is 0.509. The molecule has 0 radical (unpaired) electrons. The summed E-state index contributed by atoms with van der Waals surface area (Å²) < 4.78 is 0. The van der Waals surface area contributed by atoms with Gasteiger partial charge in [-0.05, 0) is 75.4 Å². The van der Waals surface area contributed by atoms with Gasteiger partial charge in [-0.25, -0.2) is 0 Å². The second-order valence-corrected chi connectivity index (χ2v) is 8.17. The van der Waals surface area contributed by atoms with Gasteiger partial charge in [0, 0.05) is 12.6 Å². The van der Waals surface area contributed by atoms with Crippen LogP contribution in [0.2, 0.25) is 0 Å². The van der Waals surface area contributed by atoms with E-state index in [4.69, 9.17) is 0 Å². The first-order valence-electron chi connectivity index (χ1n) is 8.95. The zero-order chi connectivity index (χ0) is 14.6. The van der Waals surface area contributed by atoms with Crippen molar-refractivity contribution in [2.75, 3.05) is 26.2 Å². The molecule has 1 aliphatic heterocycles. The van der Waals surface area contributed by atoms with Crippen LogP contribution in [0.1, 0.15) is 66.2 Å². The van der Waals surface area contributed by atoms with Gasteiger partial charge >= 0.3 is 0 Å². The minimum Gasteiger partial charge on any atom is -0.316 e. The van der Waals surface area contributed by atoms with Crippen LogP contribution in [-0.4, -0.2) is 37.1 Å². The van der Waals surface area contributed by atoms with Crippen molar-refractivity contribution < 1.29 is 0 Å². The third kappa shape index (κ3) is 4.46. The lowest BCUT2D eigenvalue weighted by atomic mass is 9.71. The van der Waals surface area contributed by atoms with Crippen LogP contribution in [0.3, 0.4) is 0 Å². The molecule has 2 nitrogen and oxygen atoms in total. The van der Waals surface area contributed by atoms with Gasteiger partial charge in [-0.1, -0.05) is 27.7 Å². The Morgan fingerprint density at radius 1 is 1.05 bits per heavy atom. The maximum absolute atomic E-state index is 3.57. The van der Waals surface area contributed by atoms with Crippen molar-refractivity contribution in [3.05, 3.63) is 0 Å². The van der Waals surface area contributed by atoms with E-state index in [1.54, 1.807) is 0 Å². The largest absolute Gasteiger partial charge is 0.316 e. The molecule has 2 aliphatic rings. The molecule has 0 spiro atoms. The summed E-state index contributed by atoms with van der Waals surface area (Å²) >= 11 is 0. The van der Waals surface area contributed by atoms with E-state index < -0.39 is 0 Å². The van der Waals surface area contributed by atoms with Crippen molar-refractivity contribution in [1.29, 1.82) is 0 Å². The highest BCUT2D eigenvalue weighted by Crippen LogP contribution is 2.39. The molecule has 1 unspecified atom stereocenters. The second kappa shape index (κ2) is 7.26. The summed E-state index contributed by atoms with van der Waals surface area (Å²) in [7, 11) is 0. The number of nitrogens with zero attached hydrogens (tertiary/aromatic N) is 1. The van der Waals surface area contributed by atoms with E-state index in [-0.39, 0.29) is 0 Å². The Kier molecular flexibility index (Phi) is 5.92. The predicted molar refractivity (Wildman–Crippen MR) is 88.0 cm³/mol. The van der Waals surface area contributed by atoms with Crippen LogP contribution in [0.5, 0.6) is 0 Å². The first-order chi connectivity index (χ1) is 9.50. The zero-order valence-corrected chi connectivity index (χ0v) is 14.3. The van der Waals surface area contributed by atoms with Crippen molar-refractivity contribution >= 4 is 0 Å². The fourth-order valence-electron chi connectivity index (χ4n) is 4.25. The highest BCUT2D eigenvalue weighted by Gasteiger charge is 2.32. The average molecular weight is 281 g/mol. The normalized spacial score (nSPS) is 32.5. The van der Waals surface area contributed by atoms with E-state index in [1.807, 2.05) is 0 Å². The van der Waals surface area contributed by atoms with E-state index in [1.165, 1.54) is 64.7 Å². The number of hydrogen-bond acceptors (Lipinski definition) is 2. The Labute approximate surface area is 126 Å². The van der Waals surface area contributed by atoms with Crippen LogP contribution in [0.4, 0.5) is 0 Å². The summed E-state index contributed by atoms with van der Waals surface area (Å²) in [5.74, 6) is 1.83. The molecule has 1 heterocycles. The topological polar surface area (TPSA) is 15.3 Å². The monoisotopic (exact) mass is 280 g/mol. The standard InChI is InChI=1S/C18H36N2/c1-5-20(14-15-7-6-12-19-13-15)17-10-8-16(9-11-17)18(2,3)4/h15-17,19H,5-14H2,1-4H3. The lowest BCUT2D eigenvalue weighted by Gasteiger charge is -2.42. The zero-order valence-electron chi connectivity index (χ0n) is 14.3. The van der Waals surface area contributed by atoms with Gasteiger partial charge in [0.2, 0.25) is 0 Å². The number of piperidine rings is 1. The van der Waals surface area contributed by atoms with E-state index in [0.717, 1.165) is 17.9 Å². The molecule has 0 bridgehead atoms. The van der Waals surface area contributed by atoms with Crippen molar-refractivity contribution in [3.8, 4) is 0 Å². The number of rotatable bonds is 4. The van der Waals surface area contributed by atoms with E-state index >= 15 is 0 Å². The Hall–Kier alpha value is -0.0800. The molecule has 0 aromatic rings. The molecule has 0 aromatic carbocycles. The quantitative estimate of drug-likeness (QED) is 0.840. The van der Waals surface area contributed by atoms with Crippen LogP contribution in [0.25, 0.3) is 0 Å². The highest BCUT2D eigenvalue weighted by molar-refractivity contribution is 4.85. The van der Waals surface area contributed by atoms with Gasteiger partial charge in [0.15, 0.2) is 0 Å². The Morgan fingerprint density at radius 2 is 1.75 bits per heavy atom. The van der Waals surface area contributed by atoms with E-state index in [0.29, 0.717) is 5.41 Å². The van der Waals surface area contributed by atoms with Crippen LogP contribution in [0.15, 0.2) is 0 Å². The summed E-state index contributed by atoms with van der Waals surface area (Å²) in [4.78, 5) is 2.79. The molecule has 1 saturated heterocycles. The molecule has 0 aromatic heterocycles. The molecule has 118 valence electrons. The summed E-state index contributed by atoms with van der Waals surface area (Å²) in [6, 6.07) is 0.862. The summed E-state index contributed by atoms with van der Waals surface area (Å²) in [5, 5.41) is 3.57. The summed E-state index contributed by atoms with van der Waals surface area (Å²) in [5.41, 5.74) is 0.509. The van der Waals surface area contributed by atoms with Gasteiger partial charge in [0.05, 0.1) is 0 Å². The van der Waals surface area contributed by atoms with E-state index in [2.05, 4.69) is 37.9 Å². The van der Waals surface area contributed by atoms with Crippen molar-refractivity contribution in [2.45, 2.75) is 72.3 Å². The predicted octanol–water partition coefficient (Wildman–Crippen LogP) is 3.91. The van der Waals surface area contributed by atoms with Gasteiger partial charge in [0.25, 0.3) is 0 Å². The van der Waals surface area contributed by atoms with Crippen LogP contribution in [-0.2, 0) is 0 Å². The second-order valence-electron chi connectivity index (χ2n) is 8.17. The fraction of sp³-hybridized carbons (Fsp3) is 1.00. The van der Waals surface area contributed by atoms with Crippen molar-refractivity contribution in [3.63, 3.8) is 0 Å². The number of nitrogens with one attached hydrogen (secondary N) is 1. The Balaban J connectivity index is 1.80. The third-order valence-electron chi connectivity index (χ3n) is 5.74. The molecule has 2 rings (SSSR count). The van der Waals surface area contributed by atoms with Crippen LogP contribution < -0.4 is 5.32 Å². The molecule has 1 atom stereocenters. The van der Waals surface area contributed by atoms with Gasteiger partial charge < -0.3 is 10.2 Å². The molecular weight excluding hydrogens is 244 g/mol. The first kappa shape index (κ1) is 16.3. The van der Waals surface area contributed by atoms with Gasteiger partial charge in [-0.2, -0.15) is 0 Å². The minimum atomic E-state index is 0.509. The van der Waals surface area contributed by atoms with Gasteiger partial charge in [0.1, 0.15) is 0 Å². The molecule has 1 saturated carbocycles. The SMILES string of the molecule is CCN(CC1CCCNC1)C1CCC(C(C)(C)C)CC1. The van der Waals surface area contributed by atoms with Crippen molar-refractivity contribution in [2.24, 2.45) is 17.3 Å². The van der Waals surface area contributed by atoms with Crippen LogP contribution in [0, 0.1) is 17.3 Å². The van der Waals surface area contributed by atoms with Gasteiger partial charge in [-0.3, -0.25) is 0 Å². The summed E-state index contributed by atoms with van der Waals surface area (Å²) in [6.45, 7) is 14.7. The van der Waals surface area contributed by atoms with Crippen molar-refractivity contribution in [1.82, 2.24) is 10.2 Å². The van der Waals surface area contributed by atoms with Crippen LogP contribution >= 0.6 is 0 Å². The third-order valence-corrected chi connectivity index (χ3v) is 5.74. The maximum Gasteiger partial charge on any atom is 0.00954 e. The first-order valence-corrected chi connectivity index (χ1v) is 8.95. The number of hydrogen-bond donors (Lipinski definition) is 1. The lowest BCUT2D eigenvalue weighted by Crippen LogP contribution is -2.45. The maximum atomic E-state index is 3.57. The fourth-order valence-corrected chi connectivity index (χ4v) is 4.25. The average Bonchev–Trinajstić information content (AvgIpc) is 2.45. The molecule has 2 heteroatoms. The summed E-state index contributed by atoms with van der Waals surface area (Å²) in [6.07, 6.45) is 8.53. The molecular formula is C18H36N2. The smallest absolute Gasteiger partial charge is 0.00954 e. The molecule has 1 aliphatic carbocycles. The lowest BCUT2D eigenvalue weighted by molar-refractivity contribution is 0.0845. The molecule has 1 N–H and O–H groups in total. The Morgan fingerprint density at radius 3 is 2.25 bits per heavy atom. The highest BCUT2D eigenvalue weighted by atomic mass is 15.2. The van der Waals surface area contributed by atoms with Gasteiger partial charge in [-0.15, -0.1) is 0 Å². The molecule has 2 fully saturated rings. The molecule has 0 amide bonds. The van der Waals surface area contributed by atoms with E-state index in [9.17, 15) is 0 Å². The Bertz CT molecular complexity index is 268. The molecule has 20 heavy (non-hydrogen) atoms.